The van der Waals surface area contributed by atoms with Crippen molar-refractivity contribution in [2.75, 3.05) is 7.05 Å². The Morgan fingerprint density at radius 3 is 2.86 bits per heavy atom. The predicted octanol–water partition coefficient (Wildman–Crippen LogP) is 2.21. The van der Waals surface area contributed by atoms with Gasteiger partial charge in [-0.15, -0.1) is 16.4 Å². The summed E-state index contributed by atoms with van der Waals surface area (Å²) in [6.45, 7) is 0.603. The summed E-state index contributed by atoms with van der Waals surface area (Å²) in [4.78, 5) is 15.4. The van der Waals surface area contributed by atoms with Crippen LogP contribution in [0.5, 0.6) is 0 Å². The molecule has 0 N–H and O–H groups in total. The van der Waals surface area contributed by atoms with Gasteiger partial charge >= 0.3 is 0 Å². The Labute approximate surface area is 132 Å². The minimum atomic E-state index is -0.0228. The largest absolute Gasteiger partial charge is 0.337 e. The van der Waals surface area contributed by atoms with E-state index in [1.54, 1.807) is 41.1 Å². The van der Waals surface area contributed by atoms with Crippen LogP contribution in [0.25, 0.3) is 11.4 Å². The summed E-state index contributed by atoms with van der Waals surface area (Å²) < 4.78 is 1.58. The van der Waals surface area contributed by atoms with Gasteiger partial charge in [-0.3, -0.25) is 4.79 Å². The number of thiophene rings is 1. The van der Waals surface area contributed by atoms with Crippen LogP contribution < -0.4 is 0 Å². The highest BCUT2D eigenvalue weighted by Gasteiger charge is 2.14. The van der Waals surface area contributed by atoms with Crippen LogP contribution in [0.15, 0.2) is 41.8 Å². The van der Waals surface area contributed by atoms with Crippen LogP contribution in [0.4, 0.5) is 0 Å². The Hall–Kier alpha value is -2.54. The number of carbonyl (C=O) groups excluding carboxylic acids is 1. The van der Waals surface area contributed by atoms with Crippen molar-refractivity contribution >= 4 is 17.2 Å². The summed E-state index contributed by atoms with van der Waals surface area (Å²) in [6.07, 6.45) is 0. The second-order valence-electron chi connectivity index (χ2n) is 4.95. The van der Waals surface area contributed by atoms with E-state index in [1.807, 2.05) is 35.7 Å². The second kappa shape index (κ2) is 6.07. The van der Waals surface area contributed by atoms with Gasteiger partial charge in [0.25, 0.3) is 5.91 Å². The summed E-state index contributed by atoms with van der Waals surface area (Å²) in [6, 6.07) is 11.4. The maximum atomic E-state index is 12.5. The summed E-state index contributed by atoms with van der Waals surface area (Å²) in [5.41, 5.74) is 1.45. The van der Waals surface area contributed by atoms with E-state index in [4.69, 9.17) is 0 Å². The molecule has 1 amide bonds. The lowest BCUT2D eigenvalue weighted by molar-refractivity contribution is 0.0786. The van der Waals surface area contributed by atoms with Gasteiger partial charge in [0.2, 0.25) is 0 Å². The van der Waals surface area contributed by atoms with Gasteiger partial charge in [0.05, 0.1) is 6.54 Å². The highest BCUT2D eigenvalue weighted by Crippen LogP contribution is 2.18. The number of hydrogen-bond acceptors (Lipinski definition) is 5. The second-order valence-corrected chi connectivity index (χ2v) is 5.98. The molecule has 0 aliphatic rings. The number of aryl methyl sites for hydroxylation is 1. The Morgan fingerprint density at radius 1 is 1.32 bits per heavy atom. The quantitative estimate of drug-likeness (QED) is 0.741. The lowest BCUT2D eigenvalue weighted by Crippen LogP contribution is -2.25. The first-order valence-electron chi connectivity index (χ1n) is 6.76. The normalized spacial score (nSPS) is 10.6. The number of carbonyl (C=O) groups is 1. The Bertz CT molecular complexity index is 781. The first-order valence-corrected chi connectivity index (χ1v) is 7.64. The van der Waals surface area contributed by atoms with Gasteiger partial charge in [-0.25, -0.2) is 4.68 Å². The van der Waals surface area contributed by atoms with Crippen LogP contribution in [0.1, 0.15) is 15.2 Å². The molecule has 3 aromatic rings. The van der Waals surface area contributed by atoms with Gasteiger partial charge in [0.1, 0.15) is 0 Å². The van der Waals surface area contributed by atoms with Gasteiger partial charge in [-0.2, -0.15) is 0 Å². The van der Waals surface area contributed by atoms with Crippen LogP contribution in [-0.4, -0.2) is 38.1 Å². The molecule has 0 unspecified atom stereocenters. The molecular formula is C15H15N5OS. The summed E-state index contributed by atoms with van der Waals surface area (Å²) >= 11 is 1.64. The molecule has 0 aliphatic heterocycles. The van der Waals surface area contributed by atoms with Crippen LogP contribution in [0.3, 0.4) is 0 Å². The molecule has 1 aromatic carbocycles. The van der Waals surface area contributed by atoms with Crippen molar-refractivity contribution in [2.45, 2.75) is 6.54 Å². The van der Waals surface area contributed by atoms with Crippen molar-refractivity contribution in [3.8, 4) is 11.4 Å². The van der Waals surface area contributed by atoms with Crippen LogP contribution in [0, 0.1) is 0 Å². The maximum absolute atomic E-state index is 12.5. The number of hydrogen-bond donors (Lipinski definition) is 0. The molecule has 0 bridgehead atoms. The van der Waals surface area contributed by atoms with Crippen LogP contribution >= 0.6 is 11.3 Å². The van der Waals surface area contributed by atoms with E-state index in [2.05, 4.69) is 15.5 Å². The standard InChI is InChI=1S/C15H15N5OS/c1-19(10-13-7-4-8-22-13)15(21)12-6-3-5-11(9-12)14-16-17-18-20(14)2/h3-9H,10H2,1-2H3. The van der Waals surface area contributed by atoms with Crippen molar-refractivity contribution in [2.24, 2.45) is 7.05 Å². The van der Waals surface area contributed by atoms with E-state index < -0.39 is 0 Å². The highest BCUT2D eigenvalue weighted by atomic mass is 32.1. The third-order valence-corrected chi connectivity index (χ3v) is 4.17. The van der Waals surface area contributed by atoms with Crippen molar-refractivity contribution in [1.29, 1.82) is 0 Å². The zero-order valence-corrected chi connectivity index (χ0v) is 13.1. The van der Waals surface area contributed by atoms with Gasteiger partial charge < -0.3 is 4.90 Å². The fraction of sp³-hybridized carbons (Fsp3) is 0.200. The first-order chi connectivity index (χ1) is 10.6. The third-order valence-electron chi connectivity index (χ3n) is 3.31. The van der Waals surface area contributed by atoms with Gasteiger partial charge in [-0.1, -0.05) is 18.2 Å². The molecule has 0 saturated heterocycles. The van der Waals surface area contributed by atoms with Gasteiger partial charge in [0.15, 0.2) is 5.82 Å². The van der Waals surface area contributed by atoms with Crippen LogP contribution in [0.2, 0.25) is 0 Å². The van der Waals surface area contributed by atoms with Crippen molar-refractivity contribution < 1.29 is 4.79 Å². The fourth-order valence-corrected chi connectivity index (χ4v) is 2.95. The number of benzene rings is 1. The number of nitrogens with zero attached hydrogens (tertiary/aromatic N) is 5. The SMILES string of the molecule is CN(Cc1cccs1)C(=O)c1cccc(-c2nnnn2C)c1. The number of amides is 1. The van der Waals surface area contributed by atoms with E-state index in [0.29, 0.717) is 17.9 Å². The Morgan fingerprint density at radius 2 is 2.18 bits per heavy atom. The molecule has 112 valence electrons. The predicted molar refractivity (Wildman–Crippen MR) is 84.4 cm³/mol. The monoisotopic (exact) mass is 313 g/mol. The molecule has 0 spiro atoms. The summed E-state index contributed by atoms with van der Waals surface area (Å²) in [5, 5.41) is 13.4. The smallest absolute Gasteiger partial charge is 0.253 e. The average molecular weight is 313 g/mol. The minimum absolute atomic E-state index is 0.0228. The number of rotatable bonds is 4. The molecule has 0 aliphatic carbocycles. The minimum Gasteiger partial charge on any atom is -0.337 e. The molecule has 2 aromatic heterocycles. The first kappa shape index (κ1) is 14.4. The maximum Gasteiger partial charge on any atom is 0.253 e. The van der Waals surface area contributed by atoms with E-state index >= 15 is 0 Å². The molecule has 0 atom stereocenters. The van der Waals surface area contributed by atoms with E-state index in [0.717, 1.165) is 10.4 Å². The molecule has 0 radical (unpaired) electrons. The molecule has 3 rings (SSSR count). The van der Waals surface area contributed by atoms with E-state index in [1.165, 1.54) is 0 Å². The molecule has 22 heavy (non-hydrogen) atoms. The zero-order valence-electron chi connectivity index (χ0n) is 12.3. The van der Waals surface area contributed by atoms with Gasteiger partial charge in [-0.05, 0) is 34.0 Å². The number of aromatic nitrogens is 4. The van der Waals surface area contributed by atoms with E-state index in [9.17, 15) is 4.79 Å². The topological polar surface area (TPSA) is 63.9 Å². The van der Waals surface area contributed by atoms with Crippen molar-refractivity contribution in [1.82, 2.24) is 25.1 Å². The van der Waals surface area contributed by atoms with Crippen LogP contribution in [-0.2, 0) is 13.6 Å². The van der Waals surface area contributed by atoms with Gasteiger partial charge in [0, 0.05) is 30.1 Å². The lowest BCUT2D eigenvalue weighted by Gasteiger charge is -2.16. The molecule has 2 heterocycles. The number of tetrazole rings is 1. The molecule has 6 nitrogen and oxygen atoms in total. The average Bonchev–Trinajstić information content (AvgIpc) is 3.18. The zero-order chi connectivity index (χ0) is 15.5. The van der Waals surface area contributed by atoms with Crippen molar-refractivity contribution in [3.63, 3.8) is 0 Å². The molecule has 0 saturated carbocycles. The highest BCUT2D eigenvalue weighted by molar-refractivity contribution is 7.09. The fourth-order valence-electron chi connectivity index (χ4n) is 2.19. The molecule has 0 fully saturated rings. The Balaban J connectivity index is 1.82. The third kappa shape index (κ3) is 2.89. The lowest BCUT2D eigenvalue weighted by atomic mass is 10.1. The summed E-state index contributed by atoms with van der Waals surface area (Å²) in [7, 11) is 3.57. The Kier molecular flexibility index (Phi) is 3.97. The molecule has 7 heteroatoms. The van der Waals surface area contributed by atoms with E-state index in [-0.39, 0.29) is 5.91 Å². The molecular weight excluding hydrogens is 298 g/mol. The van der Waals surface area contributed by atoms with Crippen molar-refractivity contribution in [3.05, 3.63) is 52.2 Å². The summed E-state index contributed by atoms with van der Waals surface area (Å²) in [5.74, 6) is 0.612.